The van der Waals surface area contributed by atoms with Crippen LogP contribution in [0.15, 0.2) is 23.2 Å². The summed E-state index contributed by atoms with van der Waals surface area (Å²) < 4.78 is 14.1. The third kappa shape index (κ3) is 2.86. The van der Waals surface area contributed by atoms with Crippen LogP contribution in [-0.4, -0.2) is 32.1 Å². The number of anilines is 1. The lowest BCUT2D eigenvalue weighted by molar-refractivity contribution is 0.602. The molecule has 2 heterocycles. The second-order valence-electron chi connectivity index (χ2n) is 5.30. The summed E-state index contributed by atoms with van der Waals surface area (Å²) in [7, 11) is 0. The molecule has 2 aliphatic heterocycles. The zero-order valence-electron chi connectivity index (χ0n) is 11.7. The van der Waals surface area contributed by atoms with E-state index in [1.165, 1.54) is 18.9 Å². The first-order valence-electron chi connectivity index (χ1n) is 7.39. The molecule has 0 radical (unpaired) electrons. The first-order valence-corrected chi connectivity index (χ1v) is 7.39. The second kappa shape index (κ2) is 6.11. The smallest absolute Gasteiger partial charge is 0.191 e. The Morgan fingerprint density at radius 2 is 2.10 bits per heavy atom. The average molecular weight is 276 g/mol. The van der Waals surface area contributed by atoms with Crippen molar-refractivity contribution in [2.75, 3.05) is 31.1 Å². The van der Waals surface area contributed by atoms with Crippen molar-refractivity contribution in [1.82, 2.24) is 10.6 Å². The van der Waals surface area contributed by atoms with Crippen LogP contribution in [0.3, 0.4) is 0 Å². The normalized spacial score (nSPS) is 18.6. The molecule has 0 aromatic heterocycles. The molecule has 0 amide bonds. The number of nitrogens with one attached hydrogen (secondary N) is 2. The van der Waals surface area contributed by atoms with Crippen LogP contribution in [-0.2, 0) is 6.54 Å². The number of halogens is 1. The summed E-state index contributed by atoms with van der Waals surface area (Å²) in [6, 6.07) is 5.34. The summed E-state index contributed by atoms with van der Waals surface area (Å²) in [5.41, 5.74) is 1.76. The summed E-state index contributed by atoms with van der Waals surface area (Å²) in [5, 5.41) is 6.42. The van der Waals surface area contributed by atoms with Crippen LogP contribution in [0.4, 0.5) is 10.1 Å². The molecule has 2 N–H and O–H groups in total. The van der Waals surface area contributed by atoms with Gasteiger partial charge in [-0.3, -0.25) is 4.99 Å². The molecule has 1 fully saturated rings. The highest BCUT2D eigenvalue weighted by molar-refractivity contribution is 5.80. The van der Waals surface area contributed by atoms with Gasteiger partial charge in [-0.15, -0.1) is 0 Å². The van der Waals surface area contributed by atoms with Gasteiger partial charge in [-0.1, -0.05) is 6.07 Å². The number of benzene rings is 1. The van der Waals surface area contributed by atoms with Crippen molar-refractivity contribution in [1.29, 1.82) is 0 Å². The van der Waals surface area contributed by atoms with Gasteiger partial charge in [0.15, 0.2) is 5.96 Å². The fourth-order valence-corrected chi connectivity index (χ4v) is 2.80. The molecule has 4 nitrogen and oxygen atoms in total. The number of nitrogens with zero attached hydrogens (tertiary/aromatic N) is 2. The van der Waals surface area contributed by atoms with E-state index < -0.39 is 0 Å². The lowest BCUT2D eigenvalue weighted by atomic mass is 10.1. The Balaban J connectivity index is 1.75. The van der Waals surface area contributed by atoms with Gasteiger partial charge in [0.25, 0.3) is 0 Å². The molecular formula is C15H21FN4. The topological polar surface area (TPSA) is 39.7 Å². The Kier molecular flexibility index (Phi) is 4.04. The van der Waals surface area contributed by atoms with E-state index in [0.29, 0.717) is 6.54 Å². The Hall–Kier alpha value is -1.78. The van der Waals surface area contributed by atoms with E-state index in [1.807, 2.05) is 6.07 Å². The summed E-state index contributed by atoms with van der Waals surface area (Å²) in [5.74, 6) is 0.644. The van der Waals surface area contributed by atoms with Gasteiger partial charge in [0, 0.05) is 44.0 Å². The van der Waals surface area contributed by atoms with Gasteiger partial charge in [-0.05, 0) is 31.4 Å². The van der Waals surface area contributed by atoms with Crippen LogP contribution in [0, 0.1) is 5.82 Å². The van der Waals surface area contributed by atoms with Crippen LogP contribution in [0.1, 0.15) is 24.8 Å². The van der Waals surface area contributed by atoms with Gasteiger partial charge in [0.2, 0.25) is 0 Å². The third-order valence-corrected chi connectivity index (χ3v) is 3.87. The minimum Gasteiger partial charge on any atom is -0.371 e. The minimum absolute atomic E-state index is 0.140. The van der Waals surface area contributed by atoms with Crippen molar-refractivity contribution in [3.05, 3.63) is 29.6 Å². The summed E-state index contributed by atoms with van der Waals surface area (Å²) >= 11 is 0. The highest BCUT2D eigenvalue weighted by Crippen LogP contribution is 2.26. The molecule has 2 aliphatic rings. The fraction of sp³-hybridized carbons (Fsp3) is 0.533. The van der Waals surface area contributed by atoms with E-state index in [4.69, 9.17) is 0 Å². The molecule has 0 saturated carbocycles. The lowest BCUT2D eigenvalue weighted by Gasteiger charge is -2.23. The SMILES string of the molecule is Fc1cccc(N2CCCC2)c1CNC1=NCCCN1. The molecule has 0 aliphatic carbocycles. The van der Waals surface area contributed by atoms with Crippen molar-refractivity contribution in [3.63, 3.8) is 0 Å². The van der Waals surface area contributed by atoms with Gasteiger partial charge < -0.3 is 15.5 Å². The van der Waals surface area contributed by atoms with E-state index in [-0.39, 0.29) is 5.82 Å². The predicted octanol–water partition coefficient (Wildman–Crippen LogP) is 1.86. The van der Waals surface area contributed by atoms with Gasteiger partial charge in [0.05, 0.1) is 0 Å². The highest BCUT2D eigenvalue weighted by atomic mass is 19.1. The predicted molar refractivity (Wildman–Crippen MR) is 79.6 cm³/mol. The van der Waals surface area contributed by atoms with Gasteiger partial charge in [-0.2, -0.15) is 0 Å². The van der Waals surface area contributed by atoms with E-state index in [0.717, 1.165) is 49.8 Å². The van der Waals surface area contributed by atoms with E-state index in [2.05, 4.69) is 20.5 Å². The Morgan fingerprint density at radius 1 is 1.25 bits per heavy atom. The zero-order valence-corrected chi connectivity index (χ0v) is 11.7. The standard InChI is InChI=1S/C15H21FN4/c16-13-5-3-6-14(20-9-1-2-10-20)12(13)11-19-15-17-7-4-8-18-15/h3,5-6H,1-2,4,7-11H2,(H2,17,18,19). The fourth-order valence-electron chi connectivity index (χ4n) is 2.80. The Bertz CT molecular complexity index is 495. The summed E-state index contributed by atoms with van der Waals surface area (Å²) in [6.45, 7) is 4.29. The first-order chi connectivity index (χ1) is 9.84. The number of aliphatic imine (C=N–C) groups is 1. The number of rotatable bonds is 3. The van der Waals surface area contributed by atoms with Crippen LogP contribution < -0.4 is 15.5 Å². The molecule has 0 bridgehead atoms. The maximum absolute atomic E-state index is 14.1. The number of guanidine groups is 1. The number of hydrogen-bond donors (Lipinski definition) is 2. The Morgan fingerprint density at radius 3 is 2.85 bits per heavy atom. The molecule has 20 heavy (non-hydrogen) atoms. The molecule has 1 aromatic rings. The highest BCUT2D eigenvalue weighted by Gasteiger charge is 2.18. The molecule has 1 aromatic carbocycles. The summed E-state index contributed by atoms with van der Waals surface area (Å²) in [6.07, 6.45) is 3.44. The monoisotopic (exact) mass is 276 g/mol. The van der Waals surface area contributed by atoms with Crippen LogP contribution >= 0.6 is 0 Å². The molecule has 108 valence electrons. The van der Waals surface area contributed by atoms with Crippen LogP contribution in [0.25, 0.3) is 0 Å². The molecule has 3 rings (SSSR count). The molecule has 1 saturated heterocycles. The maximum Gasteiger partial charge on any atom is 0.191 e. The molecular weight excluding hydrogens is 255 g/mol. The van der Waals surface area contributed by atoms with Gasteiger partial charge >= 0.3 is 0 Å². The van der Waals surface area contributed by atoms with Crippen molar-refractivity contribution in [2.24, 2.45) is 4.99 Å². The van der Waals surface area contributed by atoms with E-state index in [9.17, 15) is 4.39 Å². The first kappa shape index (κ1) is 13.2. The van der Waals surface area contributed by atoms with E-state index in [1.54, 1.807) is 6.07 Å². The minimum atomic E-state index is -0.140. The Labute approximate surface area is 119 Å². The quantitative estimate of drug-likeness (QED) is 0.885. The zero-order chi connectivity index (χ0) is 13.8. The second-order valence-corrected chi connectivity index (χ2v) is 5.30. The van der Waals surface area contributed by atoms with Crippen molar-refractivity contribution < 1.29 is 4.39 Å². The van der Waals surface area contributed by atoms with Crippen molar-refractivity contribution >= 4 is 11.6 Å². The molecule has 0 unspecified atom stereocenters. The lowest BCUT2D eigenvalue weighted by Crippen LogP contribution is -2.40. The average Bonchev–Trinajstić information content (AvgIpc) is 3.01. The molecule has 5 heteroatoms. The van der Waals surface area contributed by atoms with Crippen molar-refractivity contribution in [3.8, 4) is 0 Å². The third-order valence-electron chi connectivity index (χ3n) is 3.87. The molecule has 0 spiro atoms. The summed E-state index contributed by atoms with van der Waals surface area (Å²) in [4.78, 5) is 6.63. The van der Waals surface area contributed by atoms with Crippen molar-refractivity contribution in [2.45, 2.75) is 25.8 Å². The molecule has 0 atom stereocenters. The van der Waals surface area contributed by atoms with Crippen LogP contribution in [0.5, 0.6) is 0 Å². The van der Waals surface area contributed by atoms with Gasteiger partial charge in [0.1, 0.15) is 5.82 Å². The number of hydrogen-bond acceptors (Lipinski definition) is 4. The van der Waals surface area contributed by atoms with E-state index >= 15 is 0 Å². The van der Waals surface area contributed by atoms with Gasteiger partial charge in [-0.25, -0.2) is 4.39 Å². The maximum atomic E-state index is 14.1. The van der Waals surface area contributed by atoms with Crippen LogP contribution in [0.2, 0.25) is 0 Å². The largest absolute Gasteiger partial charge is 0.371 e.